The highest BCUT2D eigenvalue weighted by atomic mass is 35.5. The molecule has 0 bridgehead atoms. The molecular weight excluding hydrogens is 431 g/mol. The monoisotopic (exact) mass is 444 g/mol. The second-order valence-electron chi connectivity index (χ2n) is 6.23. The minimum absolute atomic E-state index is 0.345. The second kappa shape index (κ2) is 7.90. The number of hydrogen-bond donors (Lipinski definition) is 1. The number of anilines is 1. The number of amides is 1. The Morgan fingerprint density at radius 2 is 1.90 bits per heavy atom. The van der Waals surface area contributed by atoms with Crippen molar-refractivity contribution in [3.05, 3.63) is 69.3 Å². The molecule has 0 atom stereocenters. The molecule has 0 spiro atoms. The van der Waals surface area contributed by atoms with Crippen LogP contribution in [0.15, 0.2) is 42.5 Å². The van der Waals surface area contributed by atoms with Crippen LogP contribution < -0.4 is 5.32 Å². The smallest absolute Gasteiger partial charge is 0.258 e. The van der Waals surface area contributed by atoms with E-state index in [1.54, 1.807) is 28.9 Å². The first-order valence-corrected chi connectivity index (χ1v) is 10.1. The molecule has 0 aliphatic carbocycles. The molecule has 2 aromatic carbocycles. The Hall–Kier alpha value is -2.81. The molecule has 4 aromatic rings. The molecule has 0 saturated heterocycles. The van der Waals surface area contributed by atoms with Gasteiger partial charge in [-0.1, -0.05) is 46.6 Å². The Morgan fingerprint density at radius 3 is 2.66 bits per heavy atom. The molecular formula is C19H14Cl2N6OS. The molecule has 2 aromatic heterocycles. The number of hydrogen-bond acceptors (Lipinski definition) is 6. The van der Waals surface area contributed by atoms with Crippen LogP contribution >= 0.6 is 34.7 Å². The first-order valence-electron chi connectivity index (χ1n) is 8.53. The molecule has 29 heavy (non-hydrogen) atoms. The van der Waals surface area contributed by atoms with Crippen molar-refractivity contribution in [2.75, 3.05) is 5.32 Å². The number of benzene rings is 2. The predicted octanol–water partition coefficient (Wildman–Crippen LogP) is 4.96. The molecule has 146 valence electrons. The van der Waals surface area contributed by atoms with E-state index >= 15 is 0 Å². The van der Waals surface area contributed by atoms with Crippen molar-refractivity contribution in [2.24, 2.45) is 0 Å². The van der Waals surface area contributed by atoms with Gasteiger partial charge in [0.2, 0.25) is 5.13 Å². The molecule has 0 aliphatic rings. The average Bonchev–Trinajstić information content (AvgIpc) is 3.30. The summed E-state index contributed by atoms with van der Waals surface area (Å²) in [5.41, 5.74) is 3.42. The van der Waals surface area contributed by atoms with Crippen molar-refractivity contribution in [3.8, 4) is 17.2 Å². The van der Waals surface area contributed by atoms with E-state index in [1.807, 2.05) is 32.0 Å². The fraction of sp³-hybridized carbons (Fsp3) is 0.105. The molecule has 0 aliphatic heterocycles. The summed E-state index contributed by atoms with van der Waals surface area (Å²) in [6.07, 6.45) is 0. The van der Waals surface area contributed by atoms with Gasteiger partial charge < -0.3 is 0 Å². The van der Waals surface area contributed by atoms with E-state index in [1.165, 1.54) is 0 Å². The highest BCUT2D eigenvalue weighted by Gasteiger charge is 2.18. The lowest BCUT2D eigenvalue weighted by Gasteiger charge is -2.05. The van der Waals surface area contributed by atoms with Gasteiger partial charge >= 0.3 is 0 Å². The van der Waals surface area contributed by atoms with Crippen LogP contribution in [0.4, 0.5) is 5.13 Å². The van der Waals surface area contributed by atoms with Gasteiger partial charge in [0, 0.05) is 16.6 Å². The average molecular weight is 445 g/mol. The van der Waals surface area contributed by atoms with Crippen LogP contribution in [0.3, 0.4) is 0 Å². The number of halogens is 2. The lowest BCUT2D eigenvalue weighted by molar-refractivity contribution is 0.102. The first-order chi connectivity index (χ1) is 13.9. The molecule has 0 radical (unpaired) electrons. The summed E-state index contributed by atoms with van der Waals surface area (Å²) >= 11 is 13.3. The predicted molar refractivity (Wildman–Crippen MR) is 114 cm³/mol. The fourth-order valence-corrected chi connectivity index (χ4v) is 3.64. The van der Waals surface area contributed by atoms with Crippen LogP contribution in [-0.2, 0) is 0 Å². The van der Waals surface area contributed by atoms with E-state index < -0.39 is 0 Å². The quantitative estimate of drug-likeness (QED) is 0.480. The molecule has 10 heteroatoms. The van der Waals surface area contributed by atoms with Crippen molar-refractivity contribution < 1.29 is 4.79 Å². The minimum atomic E-state index is -0.354. The van der Waals surface area contributed by atoms with Gasteiger partial charge in [-0.15, -0.1) is 5.10 Å². The zero-order valence-corrected chi connectivity index (χ0v) is 17.7. The summed E-state index contributed by atoms with van der Waals surface area (Å²) in [4.78, 5) is 16.8. The van der Waals surface area contributed by atoms with Gasteiger partial charge in [0.15, 0.2) is 11.5 Å². The highest BCUT2D eigenvalue weighted by molar-refractivity contribution is 7.10. The lowest BCUT2D eigenvalue weighted by atomic mass is 10.2. The van der Waals surface area contributed by atoms with E-state index in [9.17, 15) is 4.79 Å². The van der Waals surface area contributed by atoms with Crippen molar-refractivity contribution in [1.82, 2.24) is 24.4 Å². The van der Waals surface area contributed by atoms with Crippen LogP contribution in [0.5, 0.6) is 0 Å². The second-order valence-corrected chi connectivity index (χ2v) is 7.79. The number of nitrogens with zero attached hydrogens (tertiary/aromatic N) is 5. The molecule has 2 heterocycles. The Morgan fingerprint density at radius 1 is 1.10 bits per heavy atom. The van der Waals surface area contributed by atoms with Gasteiger partial charge in [0.05, 0.1) is 22.0 Å². The third-order valence-electron chi connectivity index (χ3n) is 4.27. The summed E-state index contributed by atoms with van der Waals surface area (Å²) in [5, 5.41) is 12.5. The van der Waals surface area contributed by atoms with Gasteiger partial charge in [-0.3, -0.25) is 10.1 Å². The van der Waals surface area contributed by atoms with Crippen molar-refractivity contribution >= 4 is 45.8 Å². The summed E-state index contributed by atoms with van der Waals surface area (Å²) in [7, 11) is 0. The molecule has 0 saturated carbocycles. The maximum atomic E-state index is 12.4. The number of aromatic nitrogens is 5. The number of aryl methyl sites for hydroxylation is 1. The lowest BCUT2D eigenvalue weighted by Crippen LogP contribution is -2.12. The van der Waals surface area contributed by atoms with E-state index in [0.29, 0.717) is 32.3 Å². The molecule has 1 amide bonds. The number of carbonyl (C=O) groups excluding carboxylic acids is 1. The summed E-state index contributed by atoms with van der Waals surface area (Å²) in [5.74, 6) is 0.0272. The molecule has 1 N–H and O–H groups in total. The Kier molecular flexibility index (Phi) is 5.31. The van der Waals surface area contributed by atoms with Crippen molar-refractivity contribution in [1.29, 1.82) is 0 Å². The van der Waals surface area contributed by atoms with Crippen molar-refractivity contribution in [2.45, 2.75) is 13.8 Å². The third kappa shape index (κ3) is 3.87. The SMILES string of the molecule is Cc1ccc(-n2nnc(-c3nsc(NC(=O)c4ccccc4Cl)n3)c2C)cc1Cl. The fourth-order valence-electron chi connectivity index (χ4n) is 2.67. The van der Waals surface area contributed by atoms with Gasteiger partial charge in [-0.05, 0) is 43.7 Å². The van der Waals surface area contributed by atoms with E-state index in [4.69, 9.17) is 23.2 Å². The Labute approximate surface area is 180 Å². The number of nitrogens with one attached hydrogen (secondary N) is 1. The van der Waals surface area contributed by atoms with Gasteiger partial charge in [0.25, 0.3) is 5.91 Å². The van der Waals surface area contributed by atoms with Crippen LogP contribution in [0.1, 0.15) is 21.6 Å². The standard InChI is InChI=1S/C19H14Cl2N6OS/c1-10-7-8-12(9-15(10)21)27-11(2)16(24-26-27)17-22-19(29-25-17)23-18(28)13-5-3-4-6-14(13)20/h3-9H,1-2H3,(H,22,23,25,28). The minimum Gasteiger partial charge on any atom is -0.297 e. The Bertz CT molecular complexity index is 1220. The molecule has 0 fully saturated rings. The van der Waals surface area contributed by atoms with Crippen LogP contribution in [0.25, 0.3) is 17.2 Å². The number of carbonyl (C=O) groups is 1. The maximum Gasteiger partial charge on any atom is 0.258 e. The number of rotatable bonds is 4. The first kappa shape index (κ1) is 19.5. The highest BCUT2D eigenvalue weighted by Crippen LogP contribution is 2.26. The van der Waals surface area contributed by atoms with Gasteiger partial charge in [-0.2, -0.15) is 9.36 Å². The zero-order valence-electron chi connectivity index (χ0n) is 15.3. The van der Waals surface area contributed by atoms with E-state index in [0.717, 1.165) is 28.5 Å². The Balaban J connectivity index is 1.59. The topological polar surface area (TPSA) is 85.6 Å². The van der Waals surface area contributed by atoms with Crippen LogP contribution in [0.2, 0.25) is 10.0 Å². The maximum absolute atomic E-state index is 12.4. The van der Waals surface area contributed by atoms with Gasteiger partial charge in [0.1, 0.15) is 0 Å². The summed E-state index contributed by atoms with van der Waals surface area (Å²) < 4.78 is 5.97. The van der Waals surface area contributed by atoms with E-state index in [2.05, 4.69) is 25.0 Å². The zero-order chi connectivity index (χ0) is 20.5. The van der Waals surface area contributed by atoms with Gasteiger partial charge in [-0.25, -0.2) is 4.68 Å². The van der Waals surface area contributed by atoms with Crippen LogP contribution in [0, 0.1) is 13.8 Å². The molecule has 0 unspecified atom stereocenters. The molecule has 4 rings (SSSR count). The third-order valence-corrected chi connectivity index (χ3v) is 5.64. The summed E-state index contributed by atoms with van der Waals surface area (Å²) in [6.45, 7) is 3.80. The van der Waals surface area contributed by atoms with E-state index in [-0.39, 0.29) is 5.91 Å². The summed E-state index contributed by atoms with van der Waals surface area (Å²) in [6, 6.07) is 12.5. The molecule has 7 nitrogen and oxygen atoms in total. The largest absolute Gasteiger partial charge is 0.297 e. The normalized spacial score (nSPS) is 10.9. The van der Waals surface area contributed by atoms with Crippen LogP contribution in [-0.4, -0.2) is 30.3 Å². The van der Waals surface area contributed by atoms with Crippen molar-refractivity contribution in [3.63, 3.8) is 0 Å².